The Kier molecular flexibility index (Phi) is 7.27. The summed E-state index contributed by atoms with van der Waals surface area (Å²) < 4.78 is 34.6. The van der Waals surface area contributed by atoms with Gasteiger partial charge < -0.3 is 8.37 Å². The summed E-state index contributed by atoms with van der Waals surface area (Å²) in [6.07, 6.45) is -0.114. The molecule has 1 aliphatic rings. The molecule has 0 N–H and O–H groups in total. The minimum absolute atomic E-state index is 0.114. The molecule has 0 saturated carbocycles. The van der Waals surface area contributed by atoms with E-state index in [1.165, 1.54) is 0 Å². The lowest BCUT2D eigenvalue weighted by atomic mass is 10.1. The lowest BCUT2D eigenvalue weighted by Gasteiger charge is -2.32. The van der Waals surface area contributed by atoms with E-state index in [1.807, 2.05) is 0 Å². The van der Waals surface area contributed by atoms with Crippen LogP contribution < -0.4 is 0 Å². The monoisotopic (exact) mass is 407 g/mol. The van der Waals surface area contributed by atoms with Crippen molar-refractivity contribution in [2.45, 2.75) is 51.6 Å². The SMILES string of the molecule is CCOSP(=S)(SOCC)C1CC(=O)N(C(C)(C)C)S1(=O)=O. The molecule has 1 unspecified atom stereocenters. The standard InChI is InChI=1S/C11H22NO5PS4/c1-6-16-20-18(19,21-17-7-2)10-8-9(13)12(11(3,4)5)22(10,14)15/h10H,6-8H2,1-5H3. The first-order valence-electron chi connectivity index (χ1n) is 6.80. The number of hydrogen-bond acceptors (Lipinski definition) is 8. The van der Waals surface area contributed by atoms with Gasteiger partial charge in [0.25, 0.3) is 0 Å². The Morgan fingerprint density at radius 1 is 1.27 bits per heavy atom. The van der Waals surface area contributed by atoms with Crippen LogP contribution in [-0.2, 0) is 35.0 Å². The third-order valence-electron chi connectivity index (χ3n) is 2.68. The fraction of sp³-hybridized carbons (Fsp3) is 0.909. The Morgan fingerprint density at radius 3 is 2.05 bits per heavy atom. The second-order valence-corrected chi connectivity index (χ2v) is 18.5. The van der Waals surface area contributed by atoms with Gasteiger partial charge in [-0.05, 0) is 34.6 Å². The molecule has 1 aliphatic heterocycles. The molecule has 0 spiro atoms. The average Bonchev–Trinajstić information content (AvgIpc) is 2.63. The summed E-state index contributed by atoms with van der Waals surface area (Å²) in [6, 6.07) is 0. The van der Waals surface area contributed by atoms with Crippen LogP contribution in [0.1, 0.15) is 41.0 Å². The Morgan fingerprint density at radius 2 is 1.73 bits per heavy atom. The van der Waals surface area contributed by atoms with Gasteiger partial charge in [0.1, 0.15) is 9.43 Å². The van der Waals surface area contributed by atoms with E-state index in [0.717, 1.165) is 27.6 Å². The molecule has 130 valence electrons. The largest absolute Gasteiger partial charge is 0.310 e. The molecule has 1 heterocycles. The highest BCUT2D eigenvalue weighted by molar-refractivity contribution is 8.99. The molecule has 6 nitrogen and oxygen atoms in total. The van der Waals surface area contributed by atoms with Crippen molar-refractivity contribution >= 4 is 55.5 Å². The van der Waals surface area contributed by atoms with Gasteiger partial charge in [-0.25, -0.2) is 12.7 Å². The van der Waals surface area contributed by atoms with Gasteiger partial charge in [0.05, 0.1) is 25.2 Å². The second-order valence-electron chi connectivity index (χ2n) is 5.53. The van der Waals surface area contributed by atoms with Crippen LogP contribution in [-0.4, -0.2) is 42.4 Å². The first kappa shape index (κ1) is 20.7. The third-order valence-corrected chi connectivity index (χ3v) is 16.1. The van der Waals surface area contributed by atoms with Gasteiger partial charge in [-0.2, -0.15) is 0 Å². The van der Waals surface area contributed by atoms with Crippen molar-refractivity contribution < 1.29 is 21.6 Å². The highest BCUT2D eigenvalue weighted by Gasteiger charge is 2.56. The number of nitrogens with zero attached hydrogens (tertiary/aromatic N) is 1. The summed E-state index contributed by atoms with van der Waals surface area (Å²) in [7, 11) is -3.83. The number of rotatable bonds is 7. The van der Waals surface area contributed by atoms with Crippen LogP contribution in [0.5, 0.6) is 0 Å². The normalized spacial score (nSPS) is 22.3. The highest BCUT2D eigenvalue weighted by Crippen LogP contribution is 2.76. The maximum Gasteiger partial charge on any atom is 0.247 e. The van der Waals surface area contributed by atoms with E-state index in [1.54, 1.807) is 34.6 Å². The van der Waals surface area contributed by atoms with Crippen LogP contribution in [0.25, 0.3) is 0 Å². The van der Waals surface area contributed by atoms with Crippen LogP contribution in [0, 0.1) is 0 Å². The predicted octanol–water partition coefficient (Wildman–Crippen LogP) is 3.35. The zero-order chi connectivity index (χ0) is 17.2. The minimum Gasteiger partial charge on any atom is -0.310 e. The number of carbonyl (C=O) groups is 1. The van der Waals surface area contributed by atoms with Gasteiger partial charge in [0.15, 0.2) is 0 Å². The fourth-order valence-electron chi connectivity index (χ4n) is 1.99. The first-order valence-corrected chi connectivity index (χ1v) is 13.9. The Labute approximate surface area is 146 Å². The molecular formula is C11H22NO5PS4. The molecule has 0 aromatic rings. The molecule has 1 atom stereocenters. The van der Waals surface area contributed by atoms with Crippen molar-refractivity contribution in [3.8, 4) is 0 Å². The third kappa shape index (κ3) is 4.40. The molecule has 0 aliphatic carbocycles. The summed E-state index contributed by atoms with van der Waals surface area (Å²) in [5.41, 5.74) is -0.808. The predicted molar refractivity (Wildman–Crippen MR) is 96.6 cm³/mol. The summed E-state index contributed by atoms with van der Waals surface area (Å²) in [5, 5.41) is 0. The molecule has 0 aromatic heterocycles. The van der Waals surface area contributed by atoms with Crippen molar-refractivity contribution in [1.29, 1.82) is 0 Å². The van der Waals surface area contributed by atoms with Crippen molar-refractivity contribution in [2.24, 2.45) is 0 Å². The first-order chi connectivity index (χ1) is 10.0. The van der Waals surface area contributed by atoms with Crippen molar-refractivity contribution in [3.05, 3.63) is 0 Å². The van der Waals surface area contributed by atoms with E-state index in [9.17, 15) is 13.2 Å². The van der Waals surface area contributed by atoms with E-state index in [4.69, 9.17) is 20.2 Å². The van der Waals surface area contributed by atoms with Gasteiger partial charge in [0.2, 0.25) is 15.9 Å². The lowest BCUT2D eigenvalue weighted by molar-refractivity contribution is -0.127. The minimum atomic E-state index is -3.83. The van der Waals surface area contributed by atoms with Crippen LogP contribution in [0.15, 0.2) is 0 Å². The Hall–Kier alpha value is 0.690. The molecule has 1 amide bonds. The van der Waals surface area contributed by atoms with Crippen LogP contribution in [0.2, 0.25) is 0 Å². The molecule has 22 heavy (non-hydrogen) atoms. The van der Waals surface area contributed by atoms with Gasteiger partial charge in [-0.15, -0.1) is 0 Å². The van der Waals surface area contributed by atoms with Gasteiger partial charge in [-0.3, -0.25) is 4.79 Å². The van der Waals surface area contributed by atoms with Gasteiger partial charge >= 0.3 is 0 Å². The quantitative estimate of drug-likeness (QED) is 0.470. The van der Waals surface area contributed by atoms with Crippen LogP contribution in [0.3, 0.4) is 0 Å². The number of hydrogen-bond donors (Lipinski definition) is 0. The maximum atomic E-state index is 12.9. The van der Waals surface area contributed by atoms with E-state index in [0.29, 0.717) is 13.2 Å². The molecule has 0 radical (unpaired) electrons. The van der Waals surface area contributed by atoms with Crippen molar-refractivity contribution in [3.63, 3.8) is 0 Å². The Bertz CT molecular complexity index is 547. The summed E-state index contributed by atoms with van der Waals surface area (Å²) >= 11 is 7.57. The summed E-state index contributed by atoms with van der Waals surface area (Å²) in [5.74, 6) is -0.416. The topological polar surface area (TPSA) is 72.9 Å². The van der Waals surface area contributed by atoms with E-state index >= 15 is 0 Å². The van der Waals surface area contributed by atoms with E-state index in [-0.39, 0.29) is 6.42 Å². The molecule has 1 fully saturated rings. The molecule has 11 heteroatoms. The summed E-state index contributed by atoms with van der Waals surface area (Å²) in [6.45, 7) is 9.49. The van der Waals surface area contributed by atoms with E-state index in [2.05, 4.69) is 0 Å². The number of amides is 1. The van der Waals surface area contributed by atoms with Gasteiger partial charge in [0, 0.05) is 23.3 Å². The fourth-order valence-corrected chi connectivity index (χ4v) is 14.6. The molecule has 0 aromatic carbocycles. The maximum absolute atomic E-state index is 12.9. The van der Waals surface area contributed by atoms with Crippen LogP contribution >= 0.6 is 27.8 Å². The number of sulfonamides is 1. The lowest BCUT2D eigenvalue weighted by Crippen LogP contribution is -2.45. The highest BCUT2D eigenvalue weighted by atomic mass is 33.2. The average molecular weight is 408 g/mol. The van der Waals surface area contributed by atoms with Crippen LogP contribution in [0.4, 0.5) is 0 Å². The summed E-state index contributed by atoms with van der Waals surface area (Å²) in [4.78, 5) is 11.3. The zero-order valence-electron chi connectivity index (χ0n) is 13.3. The van der Waals surface area contributed by atoms with E-state index < -0.39 is 30.9 Å². The Balaban J connectivity index is 3.21. The molecular weight excluding hydrogens is 385 g/mol. The molecule has 1 rings (SSSR count). The van der Waals surface area contributed by atoms with Gasteiger partial charge in [-0.1, -0.05) is 11.8 Å². The second kappa shape index (κ2) is 7.72. The zero-order valence-corrected chi connectivity index (χ0v) is 17.4. The van der Waals surface area contributed by atoms with Crippen molar-refractivity contribution in [1.82, 2.24) is 4.31 Å². The van der Waals surface area contributed by atoms with Crippen molar-refractivity contribution in [2.75, 3.05) is 13.2 Å². The smallest absolute Gasteiger partial charge is 0.247 e. The molecule has 0 bridgehead atoms. The molecule has 1 saturated heterocycles. The number of carbonyl (C=O) groups excluding carboxylic acids is 1.